The van der Waals surface area contributed by atoms with Gasteiger partial charge in [-0.1, -0.05) is 13.8 Å². The number of carboxylic acid groups (broad SMARTS) is 1. The quantitative estimate of drug-likeness (QED) is 0.695. The van der Waals surface area contributed by atoms with Crippen molar-refractivity contribution in [1.82, 2.24) is 0 Å². The first-order chi connectivity index (χ1) is 8.23. The summed E-state index contributed by atoms with van der Waals surface area (Å²) in [4.78, 5) is 33.7. The van der Waals surface area contributed by atoms with Gasteiger partial charge in [0.25, 0.3) is 0 Å². The van der Waals surface area contributed by atoms with Crippen LogP contribution in [0.25, 0.3) is 0 Å². The zero-order valence-corrected chi connectivity index (χ0v) is 11.2. The van der Waals surface area contributed by atoms with E-state index in [2.05, 4.69) is 4.74 Å². The second-order valence-electron chi connectivity index (χ2n) is 4.58. The lowest BCUT2D eigenvalue weighted by atomic mass is 9.90. The van der Waals surface area contributed by atoms with Crippen molar-refractivity contribution < 1.29 is 29.0 Å². The number of carboxylic acids is 1. The van der Waals surface area contributed by atoms with Crippen LogP contribution >= 0.6 is 0 Å². The summed E-state index contributed by atoms with van der Waals surface area (Å²) in [5.74, 6) is -2.55. The molecule has 0 bridgehead atoms. The van der Waals surface area contributed by atoms with Crippen LogP contribution in [0.3, 0.4) is 0 Å². The molecule has 0 aromatic heterocycles. The normalized spacial score (nSPS) is 13.8. The lowest BCUT2D eigenvalue weighted by Gasteiger charge is -2.28. The van der Waals surface area contributed by atoms with E-state index in [9.17, 15) is 19.5 Å². The van der Waals surface area contributed by atoms with Gasteiger partial charge in [-0.2, -0.15) is 0 Å². The minimum atomic E-state index is -1.83. The molecule has 0 rings (SSSR count). The van der Waals surface area contributed by atoms with Gasteiger partial charge < -0.3 is 14.6 Å². The Balaban J connectivity index is 5.07. The summed E-state index contributed by atoms with van der Waals surface area (Å²) in [6, 6.07) is 0. The maximum atomic E-state index is 11.3. The maximum absolute atomic E-state index is 11.3. The third-order valence-corrected chi connectivity index (χ3v) is 2.51. The standard InChI is InChI=1S/C12H20O6/c1-8(2)5-6-12(11(15)16,18-9(3)13)7-10(14)17-4/h8H,5-7H2,1-4H3,(H,15,16)/t12-/m1/s1. The van der Waals surface area contributed by atoms with E-state index in [1.165, 1.54) is 0 Å². The number of hydrogen-bond donors (Lipinski definition) is 1. The van der Waals surface area contributed by atoms with Crippen molar-refractivity contribution >= 4 is 17.9 Å². The Labute approximate surface area is 106 Å². The van der Waals surface area contributed by atoms with Crippen molar-refractivity contribution in [3.8, 4) is 0 Å². The molecule has 0 aromatic rings. The van der Waals surface area contributed by atoms with Crippen LogP contribution in [-0.4, -0.2) is 35.7 Å². The predicted molar refractivity (Wildman–Crippen MR) is 62.8 cm³/mol. The van der Waals surface area contributed by atoms with Crippen molar-refractivity contribution in [2.75, 3.05) is 7.11 Å². The number of ether oxygens (including phenoxy) is 2. The molecule has 18 heavy (non-hydrogen) atoms. The van der Waals surface area contributed by atoms with Gasteiger partial charge in [0.2, 0.25) is 5.60 Å². The Kier molecular flexibility index (Phi) is 6.36. The van der Waals surface area contributed by atoms with Crippen LogP contribution in [0.4, 0.5) is 0 Å². The minimum absolute atomic E-state index is 0.0781. The zero-order valence-electron chi connectivity index (χ0n) is 11.2. The highest BCUT2D eigenvalue weighted by atomic mass is 16.6. The Morgan fingerprint density at radius 1 is 1.28 bits per heavy atom. The number of carbonyl (C=O) groups excluding carboxylic acids is 2. The number of carbonyl (C=O) groups is 3. The molecule has 0 aliphatic carbocycles. The van der Waals surface area contributed by atoms with Crippen molar-refractivity contribution in [3.05, 3.63) is 0 Å². The monoisotopic (exact) mass is 260 g/mol. The van der Waals surface area contributed by atoms with E-state index >= 15 is 0 Å². The predicted octanol–water partition coefficient (Wildman–Crippen LogP) is 1.37. The molecule has 0 heterocycles. The molecular formula is C12H20O6. The summed E-state index contributed by atoms with van der Waals surface area (Å²) < 4.78 is 9.33. The topological polar surface area (TPSA) is 89.9 Å². The van der Waals surface area contributed by atoms with E-state index in [0.717, 1.165) is 14.0 Å². The Bertz CT molecular complexity index is 323. The van der Waals surface area contributed by atoms with E-state index < -0.39 is 29.9 Å². The van der Waals surface area contributed by atoms with E-state index in [1.54, 1.807) is 0 Å². The lowest BCUT2D eigenvalue weighted by molar-refractivity contribution is -0.183. The molecule has 0 fully saturated rings. The Hall–Kier alpha value is -1.59. The smallest absolute Gasteiger partial charge is 0.348 e. The second-order valence-corrected chi connectivity index (χ2v) is 4.58. The maximum Gasteiger partial charge on any atom is 0.348 e. The molecule has 0 radical (unpaired) electrons. The second kappa shape index (κ2) is 6.98. The highest BCUT2D eigenvalue weighted by molar-refractivity contribution is 5.87. The summed E-state index contributed by atoms with van der Waals surface area (Å²) in [6.07, 6.45) is 0.121. The SMILES string of the molecule is COC(=O)C[C@@](CCC(C)C)(OC(C)=O)C(=O)O. The summed E-state index contributed by atoms with van der Waals surface area (Å²) in [6.45, 7) is 4.95. The van der Waals surface area contributed by atoms with E-state index in [-0.39, 0.29) is 12.3 Å². The number of esters is 2. The molecule has 1 atom stereocenters. The fraction of sp³-hybridized carbons (Fsp3) is 0.750. The van der Waals surface area contributed by atoms with Crippen LogP contribution in [0.15, 0.2) is 0 Å². The molecule has 1 N–H and O–H groups in total. The molecule has 0 aromatic carbocycles. The Morgan fingerprint density at radius 2 is 1.83 bits per heavy atom. The number of aliphatic carboxylic acids is 1. The molecule has 6 nitrogen and oxygen atoms in total. The van der Waals surface area contributed by atoms with Crippen LogP contribution in [0.2, 0.25) is 0 Å². The number of hydrogen-bond acceptors (Lipinski definition) is 5. The molecular weight excluding hydrogens is 240 g/mol. The molecule has 0 amide bonds. The lowest BCUT2D eigenvalue weighted by Crippen LogP contribution is -2.45. The van der Waals surface area contributed by atoms with Gasteiger partial charge >= 0.3 is 17.9 Å². The molecule has 104 valence electrons. The van der Waals surface area contributed by atoms with Crippen molar-refractivity contribution in [2.45, 2.75) is 45.6 Å². The van der Waals surface area contributed by atoms with Gasteiger partial charge in [0.05, 0.1) is 13.5 Å². The van der Waals surface area contributed by atoms with Gasteiger partial charge in [0.1, 0.15) is 0 Å². The Morgan fingerprint density at radius 3 is 2.17 bits per heavy atom. The molecule has 0 spiro atoms. The van der Waals surface area contributed by atoms with Gasteiger partial charge in [-0.25, -0.2) is 4.79 Å². The van der Waals surface area contributed by atoms with Crippen molar-refractivity contribution in [3.63, 3.8) is 0 Å². The summed E-state index contributed by atoms with van der Waals surface area (Å²) >= 11 is 0. The van der Waals surface area contributed by atoms with Crippen molar-refractivity contribution in [1.29, 1.82) is 0 Å². The first kappa shape index (κ1) is 16.4. The van der Waals surface area contributed by atoms with Gasteiger partial charge in [-0.05, 0) is 18.8 Å². The molecule has 0 aliphatic rings. The van der Waals surface area contributed by atoms with Gasteiger partial charge in [-0.3, -0.25) is 9.59 Å². The average Bonchev–Trinajstić information content (AvgIpc) is 2.24. The van der Waals surface area contributed by atoms with Crippen LogP contribution in [0.5, 0.6) is 0 Å². The number of rotatable bonds is 7. The third-order valence-electron chi connectivity index (χ3n) is 2.51. The molecule has 0 saturated heterocycles. The van der Waals surface area contributed by atoms with E-state index in [4.69, 9.17) is 4.74 Å². The van der Waals surface area contributed by atoms with Crippen LogP contribution in [0.1, 0.15) is 40.0 Å². The van der Waals surface area contributed by atoms with E-state index in [0.29, 0.717) is 6.42 Å². The highest BCUT2D eigenvalue weighted by Crippen LogP contribution is 2.26. The third kappa shape index (κ3) is 5.16. The summed E-state index contributed by atoms with van der Waals surface area (Å²) in [5.41, 5.74) is -1.83. The van der Waals surface area contributed by atoms with Gasteiger partial charge in [0, 0.05) is 6.92 Å². The average molecular weight is 260 g/mol. The van der Waals surface area contributed by atoms with Crippen LogP contribution < -0.4 is 0 Å². The highest BCUT2D eigenvalue weighted by Gasteiger charge is 2.44. The fourth-order valence-electron chi connectivity index (χ4n) is 1.50. The van der Waals surface area contributed by atoms with Crippen LogP contribution in [0, 0.1) is 5.92 Å². The van der Waals surface area contributed by atoms with E-state index in [1.807, 2.05) is 13.8 Å². The van der Waals surface area contributed by atoms with Crippen LogP contribution in [-0.2, 0) is 23.9 Å². The van der Waals surface area contributed by atoms with Gasteiger partial charge in [-0.15, -0.1) is 0 Å². The zero-order chi connectivity index (χ0) is 14.3. The molecule has 0 saturated carbocycles. The van der Waals surface area contributed by atoms with Gasteiger partial charge in [0.15, 0.2) is 0 Å². The number of methoxy groups -OCH3 is 1. The summed E-state index contributed by atoms with van der Waals surface area (Å²) in [5, 5.41) is 9.24. The fourth-order valence-corrected chi connectivity index (χ4v) is 1.50. The first-order valence-corrected chi connectivity index (χ1v) is 5.73. The largest absolute Gasteiger partial charge is 0.478 e. The molecule has 6 heteroatoms. The molecule has 0 aliphatic heterocycles. The molecule has 0 unspecified atom stereocenters. The summed E-state index contributed by atoms with van der Waals surface area (Å²) in [7, 11) is 1.16. The van der Waals surface area contributed by atoms with Crippen molar-refractivity contribution in [2.24, 2.45) is 5.92 Å². The first-order valence-electron chi connectivity index (χ1n) is 5.73. The minimum Gasteiger partial charge on any atom is -0.478 e.